The smallest absolute Gasteiger partial charge is 0.303 e. The van der Waals surface area contributed by atoms with Crippen molar-refractivity contribution in [2.45, 2.75) is 129 Å². The molecule has 1 unspecified atom stereocenters. The SMILES string of the molecule is CCCCCCCCCCCCCCCCCC(=O)NC(C=O)CCC(=O)O. The van der Waals surface area contributed by atoms with Crippen LogP contribution in [0.15, 0.2) is 0 Å². The van der Waals surface area contributed by atoms with Gasteiger partial charge >= 0.3 is 5.97 Å². The molecule has 1 atom stereocenters. The molecule has 5 heteroatoms. The summed E-state index contributed by atoms with van der Waals surface area (Å²) in [4.78, 5) is 33.1. The Kier molecular flexibility index (Phi) is 19.3. The highest BCUT2D eigenvalue weighted by molar-refractivity contribution is 5.79. The number of rotatable bonds is 21. The highest BCUT2D eigenvalue weighted by Gasteiger charge is 2.12. The van der Waals surface area contributed by atoms with Gasteiger partial charge in [0.1, 0.15) is 6.29 Å². The number of hydrogen-bond acceptors (Lipinski definition) is 3. The fourth-order valence-electron chi connectivity index (χ4n) is 3.39. The van der Waals surface area contributed by atoms with Crippen LogP contribution in [0, 0.1) is 0 Å². The molecule has 28 heavy (non-hydrogen) atoms. The predicted octanol–water partition coefficient (Wildman–Crippen LogP) is 5.80. The van der Waals surface area contributed by atoms with Gasteiger partial charge in [-0.2, -0.15) is 0 Å². The van der Waals surface area contributed by atoms with Crippen molar-refractivity contribution in [1.29, 1.82) is 0 Å². The van der Waals surface area contributed by atoms with E-state index < -0.39 is 12.0 Å². The van der Waals surface area contributed by atoms with Gasteiger partial charge in [0.25, 0.3) is 0 Å². The summed E-state index contributed by atoms with van der Waals surface area (Å²) in [7, 11) is 0. The fraction of sp³-hybridized carbons (Fsp3) is 0.870. The Balaban J connectivity index is 3.35. The summed E-state index contributed by atoms with van der Waals surface area (Å²) in [5.74, 6) is -1.11. The first-order valence-electron chi connectivity index (χ1n) is 11.6. The average Bonchev–Trinajstić information content (AvgIpc) is 2.68. The molecule has 2 N–H and O–H groups in total. The van der Waals surface area contributed by atoms with Crippen LogP contribution in [0.25, 0.3) is 0 Å². The van der Waals surface area contributed by atoms with E-state index in [1.165, 1.54) is 77.0 Å². The zero-order chi connectivity index (χ0) is 20.9. The van der Waals surface area contributed by atoms with E-state index in [0.29, 0.717) is 12.7 Å². The molecule has 0 aromatic rings. The summed E-state index contributed by atoms with van der Waals surface area (Å²) in [6.45, 7) is 2.26. The maximum atomic E-state index is 11.8. The zero-order valence-corrected chi connectivity index (χ0v) is 18.1. The van der Waals surface area contributed by atoms with Crippen molar-refractivity contribution in [3.8, 4) is 0 Å². The van der Waals surface area contributed by atoms with Crippen LogP contribution >= 0.6 is 0 Å². The van der Waals surface area contributed by atoms with Crippen LogP contribution in [0.2, 0.25) is 0 Å². The Morgan fingerprint density at radius 1 is 0.750 bits per heavy atom. The molecule has 164 valence electrons. The van der Waals surface area contributed by atoms with Crippen LogP contribution in [0.1, 0.15) is 122 Å². The number of aliphatic carboxylic acids is 1. The molecule has 0 aliphatic carbocycles. The molecule has 5 nitrogen and oxygen atoms in total. The van der Waals surface area contributed by atoms with Gasteiger partial charge in [0, 0.05) is 12.8 Å². The van der Waals surface area contributed by atoms with Crippen molar-refractivity contribution in [3.63, 3.8) is 0 Å². The van der Waals surface area contributed by atoms with Crippen LogP contribution in [-0.2, 0) is 14.4 Å². The Morgan fingerprint density at radius 3 is 1.57 bits per heavy atom. The molecule has 0 heterocycles. The molecule has 0 aromatic carbocycles. The molecule has 0 fully saturated rings. The fourth-order valence-corrected chi connectivity index (χ4v) is 3.39. The van der Waals surface area contributed by atoms with Crippen molar-refractivity contribution < 1.29 is 19.5 Å². The first-order chi connectivity index (χ1) is 13.6. The van der Waals surface area contributed by atoms with Gasteiger partial charge in [-0.3, -0.25) is 9.59 Å². The Hall–Kier alpha value is -1.39. The van der Waals surface area contributed by atoms with Gasteiger partial charge in [0.05, 0.1) is 6.04 Å². The number of carboxylic acid groups (broad SMARTS) is 1. The lowest BCUT2D eigenvalue weighted by Gasteiger charge is -2.11. The quantitative estimate of drug-likeness (QED) is 0.189. The molecule has 0 saturated heterocycles. The topological polar surface area (TPSA) is 83.5 Å². The predicted molar refractivity (Wildman–Crippen MR) is 114 cm³/mol. The van der Waals surface area contributed by atoms with E-state index in [1.807, 2.05) is 0 Å². The van der Waals surface area contributed by atoms with Crippen molar-refractivity contribution in [3.05, 3.63) is 0 Å². The van der Waals surface area contributed by atoms with E-state index in [0.717, 1.165) is 19.3 Å². The molecular weight excluding hydrogens is 354 g/mol. The largest absolute Gasteiger partial charge is 0.481 e. The normalized spacial score (nSPS) is 11.9. The van der Waals surface area contributed by atoms with Gasteiger partial charge < -0.3 is 15.2 Å². The highest BCUT2D eigenvalue weighted by atomic mass is 16.4. The van der Waals surface area contributed by atoms with Gasteiger partial charge in [-0.1, -0.05) is 96.8 Å². The summed E-state index contributed by atoms with van der Waals surface area (Å²) < 4.78 is 0. The maximum absolute atomic E-state index is 11.8. The average molecular weight is 398 g/mol. The van der Waals surface area contributed by atoms with E-state index in [1.54, 1.807) is 0 Å². The molecule has 0 saturated carbocycles. The molecular formula is C23H43NO4. The molecule has 1 amide bonds. The minimum absolute atomic E-state index is 0.108. The van der Waals surface area contributed by atoms with E-state index in [4.69, 9.17) is 5.11 Å². The maximum Gasteiger partial charge on any atom is 0.303 e. The number of carboxylic acids is 1. The van der Waals surface area contributed by atoms with Gasteiger partial charge in [-0.05, 0) is 12.8 Å². The molecule has 0 aromatic heterocycles. The number of hydrogen-bond donors (Lipinski definition) is 2. The third kappa shape index (κ3) is 19.4. The third-order valence-corrected chi connectivity index (χ3v) is 5.19. The highest BCUT2D eigenvalue weighted by Crippen LogP contribution is 2.13. The lowest BCUT2D eigenvalue weighted by Crippen LogP contribution is -2.36. The number of carbonyl (C=O) groups excluding carboxylic acids is 2. The first-order valence-corrected chi connectivity index (χ1v) is 11.6. The van der Waals surface area contributed by atoms with Gasteiger partial charge in [-0.15, -0.1) is 0 Å². The van der Waals surface area contributed by atoms with Crippen LogP contribution in [-0.4, -0.2) is 29.3 Å². The molecule has 0 radical (unpaired) electrons. The van der Waals surface area contributed by atoms with Crippen LogP contribution in [0.5, 0.6) is 0 Å². The van der Waals surface area contributed by atoms with Gasteiger partial charge in [0.15, 0.2) is 0 Å². The molecule has 0 aliphatic rings. The van der Waals surface area contributed by atoms with Crippen LogP contribution in [0.4, 0.5) is 0 Å². The Morgan fingerprint density at radius 2 is 1.18 bits per heavy atom. The number of unbranched alkanes of at least 4 members (excludes halogenated alkanes) is 14. The lowest BCUT2D eigenvalue weighted by atomic mass is 10.0. The van der Waals surface area contributed by atoms with Crippen molar-refractivity contribution in [1.82, 2.24) is 5.32 Å². The van der Waals surface area contributed by atoms with E-state index in [9.17, 15) is 14.4 Å². The van der Waals surface area contributed by atoms with Crippen molar-refractivity contribution in [2.75, 3.05) is 0 Å². The summed E-state index contributed by atoms with van der Waals surface area (Å²) in [5, 5.41) is 11.2. The number of aldehydes is 1. The Labute approximate surface area is 172 Å². The van der Waals surface area contributed by atoms with E-state index in [2.05, 4.69) is 12.2 Å². The van der Waals surface area contributed by atoms with Crippen LogP contribution < -0.4 is 5.32 Å². The monoisotopic (exact) mass is 397 g/mol. The Bertz CT molecular complexity index is 398. The second-order valence-electron chi connectivity index (χ2n) is 7.94. The molecule has 0 aliphatic heterocycles. The number of nitrogens with one attached hydrogen (secondary N) is 1. The van der Waals surface area contributed by atoms with Gasteiger partial charge in [-0.25, -0.2) is 0 Å². The summed E-state index contributed by atoms with van der Waals surface area (Å²) in [6.07, 6.45) is 20.3. The molecule has 0 spiro atoms. The second-order valence-corrected chi connectivity index (χ2v) is 7.94. The van der Waals surface area contributed by atoms with Crippen molar-refractivity contribution in [2.24, 2.45) is 0 Å². The standard InChI is InChI=1S/C23H43NO4/c1-2-3-4-5-6-7-8-9-10-11-12-13-14-15-16-17-22(26)24-21(20-25)18-19-23(27)28/h20-21H,2-19H2,1H3,(H,24,26)(H,27,28). The molecule has 0 bridgehead atoms. The van der Waals surface area contributed by atoms with E-state index in [-0.39, 0.29) is 18.7 Å². The minimum atomic E-state index is -0.955. The first kappa shape index (κ1) is 26.6. The van der Waals surface area contributed by atoms with Gasteiger partial charge in [0.2, 0.25) is 5.91 Å². The zero-order valence-electron chi connectivity index (χ0n) is 18.1. The van der Waals surface area contributed by atoms with E-state index >= 15 is 0 Å². The van der Waals surface area contributed by atoms with Crippen LogP contribution in [0.3, 0.4) is 0 Å². The summed E-state index contributed by atoms with van der Waals surface area (Å²) in [5.41, 5.74) is 0. The third-order valence-electron chi connectivity index (χ3n) is 5.19. The van der Waals surface area contributed by atoms with Crippen molar-refractivity contribution >= 4 is 18.2 Å². The summed E-state index contributed by atoms with van der Waals surface area (Å²) in [6, 6.07) is -0.681. The summed E-state index contributed by atoms with van der Waals surface area (Å²) >= 11 is 0. The second kappa shape index (κ2) is 20.3. The lowest BCUT2D eigenvalue weighted by molar-refractivity contribution is -0.137. The number of carbonyl (C=O) groups is 3. The molecule has 0 rings (SSSR count). The number of amides is 1. The minimum Gasteiger partial charge on any atom is -0.481 e.